The van der Waals surface area contributed by atoms with Gasteiger partial charge in [0.05, 0.1) is 10.6 Å². The summed E-state index contributed by atoms with van der Waals surface area (Å²) in [5.74, 6) is -1.61. The standard InChI is InChI=1S/C18H17ClF3N5O3/c19-13-2-1-10(6-14(13)30-18(20,21)22)5-11-8-26-16(27-9-11)12(7-23)17(29)25-4-3-15(24)28/h1-2,6-9,23,26H,3-5H2,(H2,24,28)(H,25,29)/b16-12-,23-7?. The van der Waals surface area contributed by atoms with Crippen LogP contribution in [0.2, 0.25) is 5.02 Å². The van der Waals surface area contributed by atoms with Gasteiger partial charge in [-0.15, -0.1) is 13.2 Å². The Bertz CT molecular complexity index is 941. The lowest BCUT2D eigenvalue weighted by Gasteiger charge is -2.15. The number of nitrogens with zero attached hydrogens (tertiary/aromatic N) is 1. The van der Waals surface area contributed by atoms with Crippen LogP contribution in [0.4, 0.5) is 13.2 Å². The van der Waals surface area contributed by atoms with E-state index >= 15 is 0 Å². The molecular formula is C18H17ClF3N5O3. The number of aliphatic imine (C=N–C) groups is 1. The summed E-state index contributed by atoms with van der Waals surface area (Å²) >= 11 is 5.73. The minimum absolute atomic E-state index is 0.0164. The first-order valence-electron chi connectivity index (χ1n) is 8.44. The predicted octanol–water partition coefficient (Wildman–Crippen LogP) is 2.19. The van der Waals surface area contributed by atoms with Gasteiger partial charge in [0.25, 0.3) is 5.91 Å². The first-order valence-corrected chi connectivity index (χ1v) is 8.82. The second-order valence-corrected chi connectivity index (χ2v) is 6.40. The third kappa shape index (κ3) is 6.92. The van der Waals surface area contributed by atoms with E-state index in [1.807, 2.05) is 0 Å². The lowest BCUT2D eigenvalue weighted by Crippen LogP contribution is -2.31. The molecular weight excluding hydrogens is 427 g/mol. The van der Waals surface area contributed by atoms with Gasteiger partial charge in [-0.25, -0.2) is 4.99 Å². The van der Waals surface area contributed by atoms with E-state index in [9.17, 15) is 22.8 Å². The van der Waals surface area contributed by atoms with E-state index in [4.69, 9.17) is 22.7 Å². The third-order valence-corrected chi connectivity index (χ3v) is 4.00. The molecule has 1 aliphatic heterocycles. The Morgan fingerprint density at radius 2 is 2.10 bits per heavy atom. The van der Waals surface area contributed by atoms with E-state index in [1.54, 1.807) is 6.07 Å². The number of benzene rings is 1. The van der Waals surface area contributed by atoms with E-state index in [0.717, 1.165) is 6.21 Å². The predicted molar refractivity (Wildman–Crippen MR) is 104 cm³/mol. The zero-order valence-electron chi connectivity index (χ0n) is 15.3. The molecule has 2 amide bonds. The molecule has 1 aromatic carbocycles. The molecule has 0 radical (unpaired) electrons. The van der Waals surface area contributed by atoms with E-state index in [-0.39, 0.29) is 35.8 Å². The zero-order valence-corrected chi connectivity index (χ0v) is 16.1. The molecule has 0 bridgehead atoms. The number of nitrogens with one attached hydrogen (secondary N) is 3. The van der Waals surface area contributed by atoms with Crippen LogP contribution >= 0.6 is 11.6 Å². The number of alkyl halides is 3. The summed E-state index contributed by atoms with van der Waals surface area (Å²) in [5.41, 5.74) is 6.01. The summed E-state index contributed by atoms with van der Waals surface area (Å²) in [5, 5.41) is 12.4. The smallest absolute Gasteiger partial charge is 0.404 e. The highest BCUT2D eigenvalue weighted by molar-refractivity contribution is 6.32. The largest absolute Gasteiger partial charge is 0.573 e. The number of ether oxygens (including phenoxy) is 1. The Labute approximate surface area is 174 Å². The number of carbonyl (C=O) groups excluding carboxylic acids is 2. The van der Waals surface area contributed by atoms with Crippen LogP contribution in [0.3, 0.4) is 0 Å². The monoisotopic (exact) mass is 443 g/mol. The highest BCUT2D eigenvalue weighted by Gasteiger charge is 2.32. The maximum Gasteiger partial charge on any atom is 0.573 e. The number of halogens is 4. The minimum atomic E-state index is -4.86. The van der Waals surface area contributed by atoms with Gasteiger partial charge in [-0.05, 0) is 23.3 Å². The van der Waals surface area contributed by atoms with E-state index < -0.39 is 23.9 Å². The van der Waals surface area contributed by atoms with Crippen LogP contribution in [0.1, 0.15) is 12.0 Å². The molecule has 0 aromatic heterocycles. The second kappa shape index (κ2) is 9.92. The van der Waals surface area contributed by atoms with Crippen molar-refractivity contribution in [1.29, 1.82) is 5.41 Å². The van der Waals surface area contributed by atoms with Gasteiger partial charge in [-0.1, -0.05) is 17.7 Å². The fraction of sp³-hybridized carbons (Fsp3) is 0.222. The minimum Gasteiger partial charge on any atom is -0.404 e. The van der Waals surface area contributed by atoms with Crippen molar-refractivity contribution in [1.82, 2.24) is 10.6 Å². The lowest BCUT2D eigenvalue weighted by molar-refractivity contribution is -0.274. The summed E-state index contributed by atoms with van der Waals surface area (Å²) in [4.78, 5) is 26.9. The van der Waals surface area contributed by atoms with Crippen LogP contribution in [0.25, 0.3) is 0 Å². The van der Waals surface area contributed by atoms with Gasteiger partial charge in [-0.2, -0.15) is 0 Å². The number of hydrogen-bond donors (Lipinski definition) is 4. The molecule has 1 aromatic rings. The highest BCUT2D eigenvalue weighted by atomic mass is 35.5. The molecule has 0 aliphatic carbocycles. The van der Waals surface area contributed by atoms with Crippen molar-refractivity contribution in [3.63, 3.8) is 0 Å². The summed E-state index contributed by atoms with van der Waals surface area (Å²) in [6.07, 6.45) is -0.991. The van der Waals surface area contributed by atoms with Crippen molar-refractivity contribution in [2.75, 3.05) is 6.54 Å². The van der Waals surface area contributed by atoms with Crippen molar-refractivity contribution in [2.45, 2.75) is 19.2 Å². The molecule has 160 valence electrons. The molecule has 5 N–H and O–H groups in total. The Hall–Kier alpha value is -3.34. The molecule has 0 atom stereocenters. The van der Waals surface area contributed by atoms with Crippen molar-refractivity contribution in [3.05, 3.63) is 52.0 Å². The summed E-state index contributed by atoms with van der Waals surface area (Å²) in [6.45, 7) is 0.0164. The Kier molecular flexibility index (Phi) is 7.59. The molecule has 12 heteroatoms. The van der Waals surface area contributed by atoms with Crippen LogP contribution in [0.15, 0.2) is 46.4 Å². The number of nitrogens with two attached hydrogens (primary N) is 1. The molecule has 30 heavy (non-hydrogen) atoms. The molecule has 1 aliphatic rings. The van der Waals surface area contributed by atoms with Gasteiger partial charge in [0, 0.05) is 38.0 Å². The molecule has 0 spiro atoms. The number of rotatable bonds is 8. The van der Waals surface area contributed by atoms with E-state index in [1.165, 1.54) is 24.5 Å². The van der Waals surface area contributed by atoms with Crippen molar-refractivity contribution < 1.29 is 27.5 Å². The van der Waals surface area contributed by atoms with Gasteiger partial charge >= 0.3 is 6.36 Å². The summed E-state index contributed by atoms with van der Waals surface area (Å²) < 4.78 is 41.2. The molecule has 1 heterocycles. The van der Waals surface area contributed by atoms with Crippen LogP contribution in [0, 0.1) is 5.41 Å². The van der Waals surface area contributed by atoms with Crippen molar-refractivity contribution in [2.24, 2.45) is 10.7 Å². The quantitative estimate of drug-likeness (QED) is 0.362. The fourth-order valence-corrected chi connectivity index (χ4v) is 2.52. The van der Waals surface area contributed by atoms with E-state index in [2.05, 4.69) is 20.4 Å². The Morgan fingerprint density at radius 3 is 2.67 bits per heavy atom. The molecule has 0 saturated heterocycles. The highest BCUT2D eigenvalue weighted by Crippen LogP contribution is 2.31. The maximum atomic E-state index is 12.4. The number of primary amides is 1. The van der Waals surface area contributed by atoms with Crippen LogP contribution in [-0.4, -0.2) is 37.2 Å². The van der Waals surface area contributed by atoms with Gasteiger partial charge in [0.1, 0.15) is 11.6 Å². The van der Waals surface area contributed by atoms with Crippen LogP contribution in [-0.2, 0) is 16.0 Å². The maximum absolute atomic E-state index is 12.4. The zero-order chi connectivity index (χ0) is 22.3. The molecule has 2 rings (SSSR count). The van der Waals surface area contributed by atoms with Crippen LogP contribution < -0.4 is 21.1 Å². The molecule has 8 nitrogen and oxygen atoms in total. The molecule has 0 fully saturated rings. The van der Waals surface area contributed by atoms with Crippen molar-refractivity contribution >= 4 is 35.8 Å². The second-order valence-electron chi connectivity index (χ2n) is 5.99. The van der Waals surface area contributed by atoms with Gasteiger partial charge < -0.3 is 26.5 Å². The normalized spacial score (nSPS) is 15.0. The summed E-state index contributed by atoms with van der Waals surface area (Å²) in [7, 11) is 0. The number of amides is 2. The van der Waals surface area contributed by atoms with Gasteiger partial charge in [0.15, 0.2) is 0 Å². The average molecular weight is 444 g/mol. The van der Waals surface area contributed by atoms with E-state index in [0.29, 0.717) is 11.1 Å². The number of carbonyl (C=O) groups is 2. The van der Waals surface area contributed by atoms with Crippen LogP contribution in [0.5, 0.6) is 5.75 Å². The number of allylic oxidation sites excluding steroid dienone is 1. The van der Waals surface area contributed by atoms with Crippen molar-refractivity contribution in [3.8, 4) is 5.75 Å². The lowest BCUT2D eigenvalue weighted by atomic mass is 10.1. The first-order chi connectivity index (χ1) is 14.1. The number of hydrogen-bond acceptors (Lipinski definition) is 6. The Morgan fingerprint density at radius 1 is 1.37 bits per heavy atom. The summed E-state index contributed by atoms with van der Waals surface area (Å²) in [6, 6.07) is 4.01. The third-order valence-electron chi connectivity index (χ3n) is 3.68. The van der Waals surface area contributed by atoms with Gasteiger partial charge in [0.2, 0.25) is 5.91 Å². The fourth-order valence-electron chi connectivity index (χ4n) is 2.36. The molecule has 0 saturated carbocycles. The molecule has 0 unspecified atom stereocenters. The Balaban J connectivity index is 2.07. The SMILES string of the molecule is N=C/C(C(=O)NCCC(N)=O)=C1/N=CC(Cc2ccc(Cl)c(OC(F)(F)F)c2)=CN1. The average Bonchev–Trinajstić information content (AvgIpc) is 2.65. The van der Waals surface area contributed by atoms with Gasteiger partial charge in [-0.3, -0.25) is 9.59 Å². The topological polar surface area (TPSA) is 130 Å². The first kappa shape index (κ1) is 22.9.